The molecule has 6 heteroatoms. The van der Waals surface area contributed by atoms with E-state index < -0.39 is 12.0 Å². The lowest BCUT2D eigenvalue weighted by Crippen LogP contribution is -2.43. The molecular formula is C26H27NO5. The number of hydrogen-bond acceptors (Lipinski definition) is 5. The molecule has 6 nitrogen and oxygen atoms in total. The second-order valence-electron chi connectivity index (χ2n) is 7.69. The van der Waals surface area contributed by atoms with Gasteiger partial charge in [0.25, 0.3) is 0 Å². The molecule has 1 heterocycles. The van der Waals surface area contributed by atoms with Gasteiger partial charge in [-0.1, -0.05) is 48.5 Å². The van der Waals surface area contributed by atoms with Crippen LogP contribution in [0.15, 0.2) is 72.8 Å². The quantitative estimate of drug-likeness (QED) is 0.564. The van der Waals surface area contributed by atoms with Crippen LogP contribution in [0, 0.1) is 0 Å². The van der Waals surface area contributed by atoms with E-state index in [4.69, 9.17) is 14.2 Å². The van der Waals surface area contributed by atoms with Crippen molar-refractivity contribution in [3.63, 3.8) is 0 Å². The van der Waals surface area contributed by atoms with E-state index in [0.717, 1.165) is 22.4 Å². The van der Waals surface area contributed by atoms with E-state index in [0.29, 0.717) is 31.1 Å². The van der Waals surface area contributed by atoms with Crippen LogP contribution in [0.25, 0.3) is 0 Å². The molecule has 3 aromatic rings. The molecule has 0 amide bonds. The molecule has 0 saturated heterocycles. The van der Waals surface area contributed by atoms with Gasteiger partial charge in [0.05, 0.1) is 20.3 Å². The highest BCUT2D eigenvalue weighted by molar-refractivity contribution is 5.75. The van der Waals surface area contributed by atoms with Gasteiger partial charge in [-0.05, 0) is 47.4 Å². The Kier molecular flexibility index (Phi) is 6.61. The highest BCUT2D eigenvalue weighted by atomic mass is 16.5. The van der Waals surface area contributed by atoms with Gasteiger partial charge in [0, 0.05) is 6.54 Å². The second kappa shape index (κ2) is 9.75. The summed E-state index contributed by atoms with van der Waals surface area (Å²) in [4.78, 5) is 14.4. The summed E-state index contributed by atoms with van der Waals surface area (Å²) in [6, 6.07) is 21.8. The predicted octanol–water partition coefficient (Wildman–Crippen LogP) is 4.51. The minimum absolute atomic E-state index is 0.278. The molecule has 0 fully saturated rings. The lowest BCUT2D eigenvalue weighted by atomic mass is 9.89. The standard InChI is InChI=1S/C26H27NO5/c1-30-23-15-19-13-14-27(25(26(28)29)18-9-5-3-6-10-18)22(21(19)16-24(23)31-2)17-32-20-11-7-4-8-12-20/h3-12,15-16,22,25H,13-14,17H2,1-2H3,(H,28,29). The van der Waals surface area contributed by atoms with Gasteiger partial charge in [0.2, 0.25) is 0 Å². The van der Waals surface area contributed by atoms with Crippen molar-refractivity contribution in [1.29, 1.82) is 0 Å². The van der Waals surface area contributed by atoms with Gasteiger partial charge in [-0.3, -0.25) is 9.69 Å². The van der Waals surface area contributed by atoms with E-state index in [1.807, 2.05) is 77.7 Å². The number of rotatable bonds is 8. The molecule has 166 valence electrons. The van der Waals surface area contributed by atoms with Crippen LogP contribution in [0.5, 0.6) is 17.2 Å². The fraction of sp³-hybridized carbons (Fsp3) is 0.269. The molecule has 3 aromatic carbocycles. The highest BCUT2D eigenvalue weighted by Crippen LogP contribution is 2.41. The molecule has 0 radical (unpaired) electrons. The van der Waals surface area contributed by atoms with Crippen LogP contribution >= 0.6 is 0 Å². The first-order valence-electron chi connectivity index (χ1n) is 10.6. The van der Waals surface area contributed by atoms with Crippen molar-refractivity contribution in [3.05, 3.63) is 89.5 Å². The van der Waals surface area contributed by atoms with Gasteiger partial charge in [-0.2, -0.15) is 0 Å². The smallest absolute Gasteiger partial charge is 0.325 e. The summed E-state index contributed by atoms with van der Waals surface area (Å²) in [5, 5.41) is 10.2. The van der Waals surface area contributed by atoms with E-state index in [2.05, 4.69) is 0 Å². The maximum Gasteiger partial charge on any atom is 0.325 e. The number of methoxy groups -OCH3 is 2. The van der Waals surface area contributed by atoms with E-state index >= 15 is 0 Å². The van der Waals surface area contributed by atoms with Crippen molar-refractivity contribution >= 4 is 5.97 Å². The summed E-state index contributed by atoms with van der Waals surface area (Å²) < 4.78 is 17.1. The van der Waals surface area contributed by atoms with Crippen molar-refractivity contribution in [2.45, 2.75) is 18.5 Å². The Hall–Kier alpha value is -3.51. The van der Waals surface area contributed by atoms with E-state index in [1.165, 1.54) is 0 Å². The zero-order valence-electron chi connectivity index (χ0n) is 18.2. The summed E-state index contributed by atoms with van der Waals surface area (Å²) in [5.41, 5.74) is 2.85. The summed E-state index contributed by atoms with van der Waals surface area (Å²) >= 11 is 0. The first-order chi connectivity index (χ1) is 15.6. The maximum absolute atomic E-state index is 12.4. The number of ether oxygens (including phenoxy) is 3. The molecule has 4 rings (SSSR count). The van der Waals surface area contributed by atoms with Gasteiger partial charge in [0.15, 0.2) is 11.5 Å². The van der Waals surface area contributed by atoms with Crippen LogP contribution in [0.2, 0.25) is 0 Å². The SMILES string of the molecule is COc1cc2c(cc1OC)C(COc1ccccc1)N(C(C(=O)O)c1ccccc1)CC2. The highest BCUT2D eigenvalue weighted by Gasteiger charge is 2.38. The van der Waals surface area contributed by atoms with Crippen molar-refractivity contribution in [1.82, 2.24) is 4.90 Å². The number of nitrogens with zero attached hydrogens (tertiary/aromatic N) is 1. The Morgan fingerprint density at radius 3 is 2.25 bits per heavy atom. The number of carboxylic acid groups (broad SMARTS) is 1. The van der Waals surface area contributed by atoms with E-state index in [-0.39, 0.29) is 6.04 Å². The molecule has 1 N–H and O–H groups in total. The van der Waals surface area contributed by atoms with Crippen molar-refractivity contribution in [2.24, 2.45) is 0 Å². The molecule has 1 aliphatic rings. The minimum Gasteiger partial charge on any atom is -0.493 e. The zero-order valence-corrected chi connectivity index (χ0v) is 18.2. The first kappa shape index (κ1) is 21.7. The first-order valence-corrected chi connectivity index (χ1v) is 10.6. The number of aliphatic carboxylic acids is 1. The molecule has 32 heavy (non-hydrogen) atoms. The van der Waals surface area contributed by atoms with Gasteiger partial charge >= 0.3 is 5.97 Å². The molecule has 0 saturated carbocycles. The fourth-order valence-corrected chi connectivity index (χ4v) is 4.35. The zero-order chi connectivity index (χ0) is 22.5. The lowest BCUT2D eigenvalue weighted by molar-refractivity contribution is -0.145. The maximum atomic E-state index is 12.4. The second-order valence-corrected chi connectivity index (χ2v) is 7.69. The lowest BCUT2D eigenvalue weighted by Gasteiger charge is -2.40. The van der Waals surface area contributed by atoms with Crippen molar-refractivity contribution in [2.75, 3.05) is 27.4 Å². The molecule has 0 bridgehead atoms. The summed E-state index contributed by atoms with van der Waals surface area (Å²) in [6.07, 6.45) is 0.703. The number of hydrogen-bond donors (Lipinski definition) is 1. The molecule has 0 aromatic heterocycles. The molecule has 0 spiro atoms. The predicted molar refractivity (Wildman–Crippen MR) is 121 cm³/mol. The normalized spacial score (nSPS) is 16.6. The van der Waals surface area contributed by atoms with Crippen LogP contribution in [-0.2, 0) is 11.2 Å². The molecule has 1 aliphatic heterocycles. The van der Waals surface area contributed by atoms with E-state index in [9.17, 15) is 9.90 Å². The molecule has 2 atom stereocenters. The van der Waals surface area contributed by atoms with Gasteiger partial charge in [-0.25, -0.2) is 0 Å². The number of carbonyl (C=O) groups is 1. The summed E-state index contributed by atoms with van der Waals surface area (Å²) in [5.74, 6) is 1.14. The van der Waals surface area contributed by atoms with Crippen LogP contribution in [0.1, 0.15) is 28.8 Å². The molecular weight excluding hydrogens is 406 g/mol. The molecule has 2 unspecified atom stereocenters. The Bertz CT molecular complexity index is 1050. The average Bonchev–Trinajstić information content (AvgIpc) is 2.83. The average molecular weight is 434 g/mol. The van der Waals surface area contributed by atoms with Crippen LogP contribution in [0.3, 0.4) is 0 Å². The Balaban J connectivity index is 1.76. The topological polar surface area (TPSA) is 68.2 Å². The number of benzene rings is 3. The van der Waals surface area contributed by atoms with Crippen molar-refractivity contribution < 1.29 is 24.1 Å². The van der Waals surface area contributed by atoms with Gasteiger partial charge in [-0.15, -0.1) is 0 Å². The Labute approximate surface area is 188 Å². The summed E-state index contributed by atoms with van der Waals surface area (Å²) in [7, 11) is 3.22. The third-order valence-electron chi connectivity index (χ3n) is 5.88. The summed E-state index contributed by atoms with van der Waals surface area (Å²) in [6.45, 7) is 0.889. The Morgan fingerprint density at radius 1 is 1.00 bits per heavy atom. The Morgan fingerprint density at radius 2 is 1.62 bits per heavy atom. The largest absolute Gasteiger partial charge is 0.493 e. The third-order valence-corrected chi connectivity index (χ3v) is 5.88. The van der Waals surface area contributed by atoms with Gasteiger partial charge < -0.3 is 19.3 Å². The molecule has 0 aliphatic carbocycles. The van der Waals surface area contributed by atoms with Crippen molar-refractivity contribution in [3.8, 4) is 17.2 Å². The monoisotopic (exact) mass is 433 g/mol. The van der Waals surface area contributed by atoms with Gasteiger partial charge in [0.1, 0.15) is 18.4 Å². The number of carboxylic acids is 1. The fourth-order valence-electron chi connectivity index (χ4n) is 4.35. The number of fused-ring (bicyclic) bond motifs is 1. The van der Waals surface area contributed by atoms with E-state index in [1.54, 1.807) is 14.2 Å². The number of para-hydroxylation sites is 1. The third kappa shape index (κ3) is 4.41. The minimum atomic E-state index is -0.884. The van der Waals surface area contributed by atoms with Crippen LogP contribution in [0.4, 0.5) is 0 Å². The van der Waals surface area contributed by atoms with Crippen LogP contribution < -0.4 is 14.2 Å². The van der Waals surface area contributed by atoms with Crippen LogP contribution in [-0.4, -0.2) is 43.3 Å².